The number of carbonyl (C=O) groups excluding carboxylic acids is 1. The van der Waals surface area contributed by atoms with E-state index in [2.05, 4.69) is 5.32 Å². The second kappa shape index (κ2) is 7.24. The molecule has 0 aliphatic heterocycles. The fourth-order valence-electron chi connectivity index (χ4n) is 2.93. The van der Waals surface area contributed by atoms with E-state index in [9.17, 15) is 13.2 Å². The third kappa shape index (κ3) is 4.30. The minimum Gasteiger partial charge on any atom is -0.348 e. The average Bonchev–Trinajstić information content (AvgIpc) is 2.99. The molecule has 1 fully saturated rings. The summed E-state index contributed by atoms with van der Waals surface area (Å²) in [6, 6.07) is 9.70. The molecule has 1 aliphatic carbocycles. The lowest BCUT2D eigenvalue weighted by molar-refractivity contribution is -0.119. The monoisotopic (exact) mass is 324 g/mol. The van der Waals surface area contributed by atoms with Crippen LogP contribution in [0, 0.1) is 5.92 Å². The summed E-state index contributed by atoms with van der Waals surface area (Å²) in [7, 11) is -0.650. The minimum atomic E-state index is -3.53. The van der Waals surface area contributed by atoms with Gasteiger partial charge in [-0.25, -0.2) is 12.7 Å². The van der Waals surface area contributed by atoms with Crippen molar-refractivity contribution < 1.29 is 13.2 Å². The predicted octanol–water partition coefficient (Wildman–Crippen LogP) is 1.93. The number of benzene rings is 1. The molecule has 0 heterocycles. The zero-order chi connectivity index (χ0) is 16.2. The highest BCUT2D eigenvalue weighted by molar-refractivity contribution is 7.89. The van der Waals surface area contributed by atoms with Crippen molar-refractivity contribution in [2.24, 2.45) is 5.92 Å². The lowest BCUT2D eigenvalue weighted by atomic mass is 9.91. The molecule has 1 aliphatic rings. The van der Waals surface area contributed by atoms with Gasteiger partial charge in [0.15, 0.2) is 0 Å². The molecule has 1 aromatic rings. The van der Waals surface area contributed by atoms with Gasteiger partial charge in [0, 0.05) is 14.1 Å². The molecule has 0 aromatic heterocycles. The van der Waals surface area contributed by atoms with Crippen molar-refractivity contribution in [2.75, 3.05) is 19.8 Å². The standard InChI is InChI=1S/C16H24N2O3S/c1-18(2)22(20,21)12-15(19)17-16(14-10-6-7-11-14)13-8-4-3-5-9-13/h3-5,8-9,14,16H,6-7,10-12H2,1-2H3,(H,17,19)/t16-/m1/s1. The number of amides is 1. The van der Waals surface area contributed by atoms with E-state index in [-0.39, 0.29) is 6.04 Å². The lowest BCUT2D eigenvalue weighted by Gasteiger charge is -2.25. The van der Waals surface area contributed by atoms with Gasteiger partial charge >= 0.3 is 0 Å². The van der Waals surface area contributed by atoms with Crippen LogP contribution >= 0.6 is 0 Å². The first-order valence-corrected chi connectivity index (χ1v) is 9.25. The number of hydrogen-bond donors (Lipinski definition) is 1. The third-order valence-corrected chi connectivity index (χ3v) is 5.96. The molecule has 0 radical (unpaired) electrons. The van der Waals surface area contributed by atoms with Crippen molar-refractivity contribution in [1.82, 2.24) is 9.62 Å². The van der Waals surface area contributed by atoms with Crippen molar-refractivity contribution >= 4 is 15.9 Å². The van der Waals surface area contributed by atoms with Crippen molar-refractivity contribution in [1.29, 1.82) is 0 Å². The maximum absolute atomic E-state index is 12.2. The van der Waals surface area contributed by atoms with Gasteiger partial charge in [-0.05, 0) is 24.3 Å². The van der Waals surface area contributed by atoms with Crippen molar-refractivity contribution in [3.8, 4) is 0 Å². The van der Waals surface area contributed by atoms with Crippen LogP contribution in [-0.4, -0.2) is 38.5 Å². The van der Waals surface area contributed by atoms with Crippen LogP contribution in [0.5, 0.6) is 0 Å². The van der Waals surface area contributed by atoms with Crippen LogP contribution in [0.1, 0.15) is 37.3 Å². The smallest absolute Gasteiger partial charge is 0.237 e. The number of rotatable bonds is 6. The fourth-order valence-corrected chi connectivity index (χ4v) is 3.61. The summed E-state index contributed by atoms with van der Waals surface area (Å²) >= 11 is 0. The minimum absolute atomic E-state index is 0.103. The van der Waals surface area contributed by atoms with Crippen LogP contribution in [-0.2, 0) is 14.8 Å². The summed E-state index contributed by atoms with van der Waals surface area (Å²) in [5.74, 6) is -0.557. The SMILES string of the molecule is CN(C)S(=O)(=O)CC(=O)N[C@H](c1ccccc1)C1CCCC1. The summed E-state index contributed by atoms with van der Waals surface area (Å²) < 4.78 is 24.8. The molecule has 2 rings (SSSR count). The highest BCUT2D eigenvalue weighted by Crippen LogP contribution is 2.35. The maximum atomic E-state index is 12.2. The molecular formula is C16H24N2O3S. The second-order valence-corrected chi connectivity index (χ2v) is 8.22. The van der Waals surface area contributed by atoms with Crippen LogP contribution in [0.4, 0.5) is 0 Å². The van der Waals surface area contributed by atoms with E-state index in [1.165, 1.54) is 26.9 Å². The van der Waals surface area contributed by atoms with Crippen LogP contribution in [0.15, 0.2) is 30.3 Å². The first-order valence-electron chi connectivity index (χ1n) is 7.64. The Hall–Kier alpha value is -1.40. The summed E-state index contributed by atoms with van der Waals surface area (Å²) in [5.41, 5.74) is 1.05. The van der Waals surface area contributed by atoms with E-state index in [1.54, 1.807) is 0 Å². The van der Waals surface area contributed by atoms with E-state index < -0.39 is 21.7 Å². The molecule has 0 unspecified atom stereocenters. The van der Waals surface area contributed by atoms with Crippen LogP contribution in [0.25, 0.3) is 0 Å². The number of hydrogen-bond acceptors (Lipinski definition) is 3. The summed E-state index contributed by atoms with van der Waals surface area (Å²) in [5, 5.41) is 2.94. The van der Waals surface area contributed by atoms with Crippen molar-refractivity contribution in [3.05, 3.63) is 35.9 Å². The summed E-state index contributed by atoms with van der Waals surface area (Å²) in [6.45, 7) is 0. The van der Waals surface area contributed by atoms with Gasteiger partial charge in [0.1, 0.15) is 5.75 Å². The van der Waals surface area contributed by atoms with Crippen LogP contribution in [0.3, 0.4) is 0 Å². The van der Waals surface area contributed by atoms with Gasteiger partial charge in [-0.3, -0.25) is 4.79 Å². The summed E-state index contributed by atoms with van der Waals surface area (Å²) in [6.07, 6.45) is 4.47. The first-order chi connectivity index (χ1) is 10.4. The van der Waals surface area contributed by atoms with E-state index in [0.29, 0.717) is 5.92 Å². The molecular weight excluding hydrogens is 300 g/mol. The lowest BCUT2D eigenvalue weighted by Crippen LogP contribution is -2.39. The molecule has 1 saturated carbocycles. The Morgan fingerprint density at radius 3 is 2.36 bits per heavy atom. The quantitative estimate of drug-likeness (QED) is 0.869. The number of sulfonamides is 1. The molecule has 22 heavy (non-hydrogen) atoms. The topological polar surface area (TPSA) is 66.5 Å². The van der Waals surface area contributed by atoms with Gasteiger partial charge in [0.25, 0.3) is 0 Å². The molecule has 0 saturated heterocycles. The zero-order valence-corrected chi connectivity index (χ0v) is 14.0. The third-order valence-electron chi connectivity index (χ3n) is 4.22. The molecule has 0 spiro atoms. The first kappa shape index (κ1) is 17.0. The van der Waals surface area contributed by atoms with Crippen molar-refractivity contribution in [3.63, 3.8) is 0 Å². The summed E-state index contributed by atoms with van der Waals surface area (Å²) in [4.78, 5) is 12.2. The van der Waals surface area contributed by atoms with E-state index >= 15 is 0 Å². The fraction of sp³-hybridized carbons (Fsp3) is 0.562. The molecule has 5 nitrogen and oxygen atoms in total. The molecule has 1 N–H and O–H groups in total. The largest absolute Gasteiger partial charge is 0.348 e. The van der Waals surface area contributed by atoms with Gasteiger partial charge in [0.05, 0.1) is 6.04 Å². The Labute approximate surface area is 132 Å². The zero-order valence-electron chi connectivity index (χ0n) is 13.2. The van der Waals surface area contributed by atoms with Crippen LogP contribution < -0.4 is 5.32 Å². The predicted molar refractivity (Wildman–Crippen MR) is 86.8 cm³/mol. The Balaban J connectivity index is 2.12. The Bertz CT molecular complexity index is 593. The van der Waals surface area contributed by atoms with Crippen molar-refractivity contribution in [2.45, 2.75) is 31.7 Å². The van der Waals surface area contributed by atoms with Gasteiger partial charge in [-0.15, -0.1) is 0 Å². The van der Waals surface area contributed by atoms with Gasteiger partial charge in [-0.2, -0.15) is 0 Å². The highest BCUT2D eigenvalue weighted by atomic mass is 32.2. The maximum Gasteiger partial charge on any atom is 0.237 e. The average molecular weight is 324 g/mol. The number of carbonyl (C=O) groups is 1. The van der Waals surface area contributed by atoms with Crippen LogP contribution in [0.2, 0.25) is 0 Å². The molecule has 6 heteroatoms. The molecule has 1 atom stereocenters. The normalized spacial score (nSPS) is 17.6. The van der Waals surface area contributed by atoms with Gasteiger partial charge < -0.3 is 5.32 Å². The van der Waals surface area contributed by atoms with Gasteiger partial charge in [-0.1, -0.05) is 43.2 Å². The molecule has 1 amide bonds. The molecule has 0 bridgehead atoms. The Morgan fingerprint density at radius 2 is 1.82 bits per heavy atom. The second-order valence-electron chi connectivity index (χ2n) is 6.04. The van der Waals surface area contributed by atoms with E-state index in [0.717, 1.165) is 22.7 Å². The van der Waals surface area contributed by atoms with E-state index in [4.69, 9.17) is 0 Å². The Morgan fingerprint density at radius 1 is 1.23 bits per heavy atom. The highest BCUT2D eigenvalue weighted by Gasteiger charge is 2.29. The Kier molecular flexibility index (Phi) is 5.58. The molecule has 122 valence electrons. The number of nitrogens with zero attached hydrogens (tertiary/aromatic N) is 1. The number of nitrogens with one attached hydrogen (secondary N) is 1. The molecule has 1 aromatic carbocycles. The van der Waals surface area contributed by atoms with Gasteiger partial charge in [0.2, 0.25) is 15.9 Å². The van der Waals surface area contributed by atoms with E-state index in [1.807, 2.05) is 30.3 Å².